The third kappa shape index (κ3) is 3.20. The number of halogens is 1. The first-order valence-electron chi connectivity index (χ1n) is 5.10. The van der Waals surface area contributed by atoms with Crippen molar-refractivity contribution in [2.45, 2.75) is 11.8 Å². The van der Waals surface area contributed by atoms with Crippen LogP contribution in [0.25, 0.3) is 0 Å². The molecule has 0 saturated heterocycles. The van der Waals surface area contributed by atoms with Crippen LogP contribution in [-0.4, -0.2) is 13.4 Å². The zero-order valence-corrected chi connectivity index (χ0v) is 12.5. The van der Waals surface area contributed by atoms with Gasteiger partial charge < -0.3 is 4.18 Å². The quantitative estimate of drug-likeness (QED) is 0.612. The van der Waals surface area contributed by atoms with Gasteiger partial charge in [0.2, 0.25) is 5.88 Å². The summed E-state index contributed by atoms with van der Waals surface area (Å²) in [5.74, 6) is 0.0657. The van der Waals surface area contributed by atoms with E-state index in [-0.39, 0.29) is 10.8 Å². The fourth-order valence-corrected chi connectivity index (χ4v) is 2.49. The van der Waals surface area contributed by atoms with Crippen molar-refractivity contribution in [3.8, 4) is 5.88 Å². The number of aromatic nitrogens is 1. The van der Waals surface area contributed by atoms with Gasteiger partial charge in [0.05, 0.1) is 0 Å². The molecule has 0 aliphatic rings. The van der Waals surface area contributed by atoms with Crippen LogP contribution in [0.4, 0.5) is 0 Å². The van der Waals surface area contributed by atoms with Gasteiger partial charge >= 0.3 is 10.1 Å². The van der Waals surface area contributed by atoms with Gasteiger partial charge in [0.1, 0.15) is 4.90 Å². The Morgan fingerprint density at radius 3 is 2.33 bits per heavy atom. The monoisotopic (exact) mass is 375 g/mol. The second kappa shape index (κ2) is 5.23. The number of aryl methyl sites for hydroxylation is 1. The van der Waals surface area contributed by atoms with Crippen LogP contribution in [0.3, 0.4) is 0 Å². The Balaban J connectivity index is 2.27. The van der Waals surface area contributed by atoms with E-state index in [1.165, 1.54) is 18.2 Å². The van der Waals surface area contributed by atoms with Gasteiger partial charge in [0.15, 0.2) is 0 Å². The molecule has 0 bridgehead atoms. The Bertz CT molecular complexity index is 636. The summed E-state index contributed by atoms with van der Waals surface area (Å²) in [4.78, 5) is 4.02. The fourth-order valence-electron chi connectivity index (χ4n) is 1.28. The van der Waals surface area contributed by atoms with Crippen LogP contribution in [-0.2, 0) is 10.1 Å². The predicted octanol–water partition coefficient (Wildman–Crippen LogP) is 2.76. The van der Waals surface area contributed by atoms with E-state index in [1.807, 2.05) is 6.92 Å². The topological polar surface area (TPSA) is 56.3 Å². The Morgan fingerprint density at radius 1 is 1.11 bits per heavy atom. The van der Waals surface area contributed by atoms with Crippen LogP contribution < -0.4 is 4.18 Å². The maximum Gasteiger partial charge on any atom is 0.340 e. The molecule has 1 aromatic carbocycles. The normalized spacial score (nSPS) is 11.2. The number of hydrogen-bond acceptors (Lipinski definition) is 4. The number of rotatable bonds is 3. The Morgan fingerprint density at radius 2 is 1.78 bits per heavy atom. The predicted molar refractivity (Wildman–Crippen MR) is 75.9 cm³/mol. The molecule has 0 spiro atoms. The van der Waals surface area contributed by atoms with Crippen LogP contribution in [0.2, 0.25) is 0 Å². The Kier molecular flexibility index (Phi) is 3.86. The minimum atomic E-state index is -3.81. The first kappa shape index (κ1) is 13.3. The molecule has 0 N–H and O–H groups in total. The summed E-state index contributed by atoms with van der Waals surface area (Å²) in [7, 11) is -3.81. The largest absolute Gasteiger partial charge is 0.358 e. The molecule has 6 heteroatoms. The third-order valence-electron chi connectivity index (χ3n) is 2.20. The molecule has 0 unspecified atom stereocenters. The highest BCUT2D eigenvalue weighted by Crippen LogP contribution is 2.17. The molecule has 0 aliphatic heterocycles. The van der Waals surface area contributed by atoms with E-state index in [0.29, 0.717) is 0 Å². The molecule has 0 fully saturated rings. The summed E-state index contributed by atoms with van der Waals surface area (Å²) in [5.41, 5.74) is 0.987. The van der Waals surface area contributed by atoms with Crippen molar-refractivity contribution in [2.24, 2.45) is 0 Å². The van der Waals surface area contributed by atoms with E-state index in [2.05, 4.69) is 27.6 Å². The fraction of sp³-hybridized carbons (Fsp3) is 0.0833. The minimum absolute atomic E-state index is 0.0657. The highest BCUT2D eigenvalue weighted by atomic mass is 127. The lowest BCUT2D eigenvalue weighted by Gasteiger charge is -2.06. The van der Waals surface area contributed by atoms with E-state index < -0.39 is 10.1 Å². The van der Waals surface area contributed by atoms with Gasteiger partial charge in [-0.2, -0.15) is 8.42 Å². The summed E-state index contributed by atoms with van der Waals surface area (Å²) >= 11 is 2.08. The second-order valence-corrected chi connectivity index (χ2v) is 6.46. The van der Waals surface area contributed by atoms with E-state index in [4.69, 9.17) is 4.18 Å². The average molecular weight is 375 g/mol. The van der Waals surface area contributed by atoms with Crippen molar-refractivity contribution in [1.29, 1.82) is 0 Å². The molecule has 1 heterocycles. The zero-order chi connectivity index (χ0) is 13.2. The SMILES string of the molecule is Cc1ccc(S(=O)(=O)Oc2ccc(I)cn2)cc1. The van der Waals surface area contributed by atoms with Crippen molar-refractivity contribution < 1.29 is 12.6 Å². The molecule has 18 heavy (non-hydrogen) atoms. The molecule has 94 valence electrons. The Labute approximate surface area is 119 Å². The third-order valence-corrected chi connectivity index (χ3v) is 4.08. The van der Waals surface area contributed by atoms with E-state index in [1.54, 1.807) is 24.4 Å². The Hall–Kier alpha value is -1.15. The summed E-state index contributed by atoms with van der Waals surface area (Å²) < 4.78 is 29.7. The van der Waals surface area contributed by atoms with Crippen molar-refractivity contribution in [1.82, 2.24) is 4.98 Å². The number of benzene rings is 1. The number of nitrogens with zero attached hydrogens (tertiary/aromatic N) is 1. The lowest BCUT2D eigenvalue weighted by Crippen LogP contribution is -2.10. The van der Waals surface area contributed by atoms with Gasteiger partial charge in [-0.15, -0.1) is 0 Å². The number of hydrogen-bond donors (Lipinski definition) is 0. The first-order chi connectivity index (χ1) is 8.47. The highest BCUT2D eigenvalue weighted by Gasteiger charge is 2.16. The molecule has 0 aliphatic carbocycles. The maximum absolute atomic E-state index is 11.9. The molecule has 1 aromatic heterocycles. The summed E-state index contributed by atoms with van der Waals surface area (Å²) in [6.07, 6.45) is 1.54. The van der Waals surface area contributed by atoms with Gasteiger partial charge in [0, 0.05) is 15.8 Å². The molecular formula is C12H10INO3S. The van der Waals surface area contributed by atoms with Gasteiger partial charge in [0.25, 0.3) is 0 Å². The van der Waals surface area contributed by atoms with Crippen molar-refractivity contribution >= 4 is 32.7 Å². The van der Waals surface area contributed by atoms with Crippen LogP contribution >= 0.6 is 22.6 Å². The van der Waals surface area contributed by atoms with Gasteiger partial charge in [-0.05, 0) is 47.7 Å². The van der Waals surface area contributed by atoms with Crippen LogP contribution in [0.5, 0.6) is 5.88 Å². The molecule has 2 rings (SSSR count). The average Bonchev–Trinajstić information content (AvgIpc) is 2.32. The van der Waals surface area contributed by atoms with Crippen LogP contribution in [0.1, 0.15) is 5.56 Å². The minimum Gasteiger partial charge on any atom is -0.358 e. The van der Waals surface area contributed by atoms with E-state index >= 15 is 0 Å². The summed E-state index contributed by atoms with van der Waals surface area (Å²) in [6.45, 7) is 1.89. The molecule has 0 amide bonds. The summed E-state index contributed by atoms with van der Waals surface area (Å²) in [5, 5.41) is 0. The first-order valence-corrected chi connectivity index (χ1v) is 7.59. The van der Waals surface area contributed by atoms with Crippen molar-refractivity contribution in [2.75, 3.05) is 0 Å². The standard InChI is InChI=1S/C12H10INO3S/c1-9-2-5-11(6-3-9)18(15,16)17-12-7-4-10(13)8-14-12/h2-8H,1H3. The highest BCUT2D eigenvalue weighted by molar-refractivity contribution is 14.1. The van der Waals surface area contributed by atoms with E-state index in [9.17, 15) is 8.42 Å². The van der Waals surface area contributed by atoms with Crippen molar-refractivity contribution in [3.63, 3.8) is 0 Å². The molecular weight excluding hydrogens is 365 g/mol. The van der Waals surface area contributed by atoms with E-state index in [0.717, 1.165) is 9.13 Å². The zero-order valence-electron chi connectivity index (χ0n) is 9.50. The van der Waals surface area contributed by atoms with Crippen LogP contribution in [0, 0.1) is 10.5 Å². The van der Waals surface area contributed by atoms with Crippen molar-refractivity contribution in [3.05, 3.63) is 51.7 Å². The van der Waals surface area contributed by atoms with Crippen LogP contribution in [0.15, 0.2) is 47.5 Å². The number of pyridine rings is 1. The lowest BCUT2D eigenvalue weighted by molar-refractivity contribution is 0.476. The molecule has 2 aromatic rings. The second-order valence-electron chi connectivity index (χ2n) is 3.67. The molecule has 0 atom stereocenters. The molecule has 0 saturated carbocycles. The summed E-state index contributed by atoms with van der Waals surface area (Å²) in [6, 6.07) is 9.71. The maximum atomic E-state index is 11.9. The van der Waals surface area contributed by atoms with Gasteiger partial charge in [-0.25, -0.2) is 4.98 Å². The molecule has 4 nitrogen and oxygen atoms in total. The van der Waals surface area contributed by atoms with Gasteiger partial charge in [-0.1, -0.05) is 17.7 Å². The smallest absolute Gasteiger partial charge is 0.340 e. The lowest BCUT2D eigenvalue weighted by atomic mass is 10.2. The van der Waals surface area contributed by atoms with Gasteiger partial charge in [-0.3, -0.25) is 0 Å². The molecule has 0 radical (unpaired) electrons.